The van der Waals surface area contributed by atoms with Crippen LogP contribution in [0.4, 0.5) is 17.1 Å². The summed E-state index contributed by atoms with van der Waals surface area (Å²) >= 11 is 0. The van der Waals surface area contributed by atoms with Crippen molar-refractivity contribution in [1.29, 1.82) is 0 Å². The van der Waals surface area contributed by atoms with Gasteiger partial charge < -0.3 is 9.64 Å². The van der Waals surface area contributed by atoms with E-state index in [9.17, 15) is 0 Å². The summed E-state index contributed by atoms with van der Waals surface area (Å²) in [5.41, 5.74) is 22.9. The monoisotopic (exact) mass is 829 g/mol. The zero-order valence-corrected chi connectivity index (χ0v) is 35.8. The summed E-state index contributed by atoms with van der Waals surface area (Å²) in [6.45, 7) is 0. The zero-order valence-electron chi connectivity index (χ0n) is 35.8. The van der Waals surface area contributed by atoms with Crippen LogP contribution in [0.5, 0.6) is 11.5 Å². The number of benzene rings is 10. The van der Waals surface area contributed by atoms with Gasteiger partial charge in [-0.15, -0.1) is 0 Å². The third-order valence-corrected chi connectivity index (χ3v) is 14.1. The summed E-state index contributed by atoms with van der Waals surface area (Å²) in [6, 6.07) is 87.2. The lowest BCUT2D eigenvalue weighted by atomic mass is 9.66. The molecule has 3 aliphatic rings. The Morgan fingerprint density at radius 3 is 1.35 bits per heavy atom. The van der Waals surface area contributed by atoms with Crippen LogP contribution < -0.4 is 9.64 Å². The minimum absolute atomic E-state index is 0.582. The van der Waals surface area contributed by atoms with Crippen LogP contribution in [0.25, 0.3) is 44.5 Å². The van der Waals surface area contributed by atoms with Crippen LogP contribution in [0.1, 0.15) is 44.5 Å². The van der Waals surface area contributed by atoms with E-state index in [1.54, 1.807) is 0 Å². The molecule has 10 aromatic carbocycles. The smallest absolute Gasteiger partial charge is 0.132 e. The van der Waals surface area contributed by atoms with Crippen molar-refractivity contribution < 1.29 is 4.74 Å². The first-order valence-electron chi connectivity index (χ1n) is 22.7. The topological polar surface area (TPSA) is 12.5 Å². The van der Waals surface area contributed by atoms with Gasteiger partial charge in [0.05, 0.1) is 5.41 Å². The van der Waals surface area contributed by atoms with Gasteiger partial charge in [0.1, 0.15) is 11.5 Å². The van der Waals surface area contributed by atoms with Crippen molar-refractivity contribution in [3.8, 4) is 56.0 Å². The molecule has 0 unspecified atom stereocenters. The van der Waals surface area contributed by atoms with E-state index in [-0.39, 0.29) is 0 Å². The molecule has 1 heterocycles. The Hall–Kier alpha value is -8.20. The number of hydrogen-bond donors (Lipinski definition) is 0. The van der Waals surface area contributed by atoms with E-state index in [1.165, 1.54) is 77.9 Å². The molecule has 0 aromatic heterocycles. The fourth-order valence-corrected chi connectivity index (χ4v) is 11.2. The summed E-state index contributed by atoms with van der Waals surface area (Å²) < 4.78 is 6.71. The highest BCUT2D eigenvalue weighted by atomic mass is 16.5. The van der Waals surface area contributed by atoms with Gasteiger partial charge in [-0.05, 0) is 139 Å². The van der Waals surface area contributed by atoms with Crippen LogP contribution >= 0.6 is 0 Å². The summed E-state index contributed by atoms with van der Waals surface area (Å²) in [4.78, 5) is 2.47. The lowest BCUT2D eigenvalue weighted by molar-refractivity contribution is 0.436. The summed E-state index contributed by atoms with van der Waals surface area (Å²) in [7, 11) is 0. The van der Waals surface area contributed by atoms with E-state index in [0.717, 1.165) is 52.5 Å². The minimum Gasteiger partial charge on any atom is -0.457 e. The van der Waals surface area contributed by atoms with Gasteiger partial charge in [0.2, 0.25) is 0 Å². The molecule has 0 amide bonds. The average Bonchev–Trinajstić information content (AvgIpc) is 3.65. The van der Waals surface area contributed by atoms with Gasteiger partial charge in [-0.1, -0.05) is 188 Å². The van der Waals surface area contributed by atoms with Crippen LogP contribution in [0.2, 0.25) is 0 Å². The maximum atomic E-state index is 6.71. The maximum Gasteiger partial charge on any atom is 0.132 e. The number of fused-ring (bicyclic) bond motifs is 15. The van der Waals surface area contributed by atoms with Crippen molar-refractivity contribution in [3.63, 3.8) is 0 Å². The Balaban J connectivity index is 1.05. The highest BCUT2D eigenvalue weighted by Gasteiger charge is 2.51. The van der Waals surface area contributed by atoms with Gasteiger partial charge >= 0.3 is 0 Å². The SMILES string of the molecule is c1ccc(-c2ccc(N(c3ccc4c(c3)-c3ccccc3Cc3ccccc3-c3ccccc3C4)c3ccc4c(c3)C3(c5ccccc5Oc5ccccc53)c3ccccc3-4)cc2)cc1. The van der Waals surface area contributed by atoms with Crippen LogP contribution in [0, 0.1) is 0 Å². The van der Waals surface area contributed by atoms with E-state index in [2.05, 4.69) is 241 Å². The number of rotatable bonds is 4. The second kappa shape index (κ2) is 15.0. The van der Waals surface area contributed by atoms with Crippen LogP contribution in [-0.2, 0) is 18.3 Å². The van der Waals surface area contributed by atoms with E-state index >= 15 is 0 Å². The predicted octanol–water partition coefficient (Wildman–Crippen LogP) is 16.1. The third kappa shape index (κ3) is 5.88. The van der Waals surface area contributed by atoms with E-state index in [4.69, 9.17) is 4.74 Å². The summed E-state index contributed by atoms with van der Waals surface area (Å²) in [5, 5.41) is 0. The summed E-state index contributed by atoms with van der Waals surface area (Å²) in [5.74, 6) is 1.78. The lowest BCUT2D eigenvalue weighted by Crippen LogP contribution is -2.32. The van der Waals surface area contributed by atoms with Gasteiger partial charge in [-0.2, -0.15) is 0 Å². The average molecular weight is 830 g/mol. The second-order valence-corrected chi connectivity index (χ2v) is 17.5. The fourth-order valence-electron chi connectivity index (χ4n) is 11.2. The predicted molar refractivity (Wildman–Crippen MR) is 267 cm³/mol. The number of hydrogen-bond acceptors (Lipinski definition) is 2. The molecule has 13 rings (SSSR count). The molecule has 10 aromatic rings. The highest BCUT2D eigenvalue weighted by Crippen LogP contribution is 2.62. The van der Waals surface area contributed by atoms with Crippen molar-refractivity contribution in [2.24, 2.45) is 0 Å². The summed E-state index contributed by atoms with van der Waals surface area (Å²) in [6.07, 6.45) is 1.66. The molecule has 0 bridgehead atoms. The zero-order chi connectivity index (χ0) is 42.9. The van der Waals surface area contributed by atoms with Crippen LogP contribution in [-0.4, -0.2) is 0 Å². The molecule has 0 N–H and O–H groups in total. The first-order chi connectivity index (χ1) is 32.2. The Morgan fingerprint density at radius 2 is 0.723 bits per heavy atom. The molecule has 0 saturated heterocycles. The molecule has 2 heteroatoms. The highest BCUT2D eigenvalue weighted by molar-refractivity contribution is 5.92. The largest absolute Gasteiger partial charge is 0.457 e. The molecule has 1 spiro atoms. The molecule has 0 fully saturated rings. The van der Waals surface area contributed by atoms with Crippen molar-refractivity contribution in [3.05, 3.63) is 281 Å². The molecule has 2 aliphatic carbocycles. The van der Waals surface area contributed by atoms with Gasteiger partial charge in [-0.3, -0.25) is 0 Å². The number of para-hydroxylation sites is 2. The van der Waals surface area contributed by atoms with Gasteiger partial charge in [-0.25, -0.2) is 0 Å². The molecule has 0 atom stereocenters. The minimum atomic E-state index is -0.582. The first kappa shape index (κ1) is 37.4. The van der Waals surface area contributed by atoms with Crippen molar-refractivity contribution >= 4 is 17.1 Å². The molecular formula is C63H43NO. The Bertz CT molecular complexity index is 3430. The molecular weight excluding hydrogens is 787 g/mol. The van der Waals surface area contributed by atoms with Crippen LogP contribution in [0.15, 0.2) is 237 Å². The molecule has 0 saturated carbocycles. The molecule has 306 valence electrons. The van der Waals surface area contributed by atoms with Crippen LogP contribution in [0.3, 0.4) is 0 Å². The Labute approximate surface area is 380 Å². The normalized spacial score (nSPS) is 13.4. The number of nitrogens with zero attached hydrogens (tertiary/aromatic N) is 1. The molecule has 65 heavy (non-hydrogen) atoms. The fraction of sp³-hybridized carbons (Fsp3) is 0.0476. The van der Waals surface area contributed by atoms with Crippen molar-refractivity contribution in [2.75, 3.05) is 4.90 Å². The first-order valence-corrected chi connectivity index (χ1v) is 22.7. The van der Waals surface area contributed by atoms with Gasteiger partial charge in [0.25, 0.3) is 0 Å². The van der Waals surface area contributed by atoms with Crippen molar-refractivity contribution in [1.82, 2.24) is 0 Å². The van der Waals surface area contributed by atoms with Crippen molar-refractivity contribution in [2.45, 2.75) is 18.3 Å². The van der Waals surface area contributed by atoms with Gasteiger partial charge in [0, 0.05) is 28.2 Å². The van der Waals surface area contributed by atoms with E-state index < -0.39 is 5.41 Å². The number of ether oxygens (including phenoxy) is 1. The molecule has 0 radical (unpaired) electrons. The quantitative estimate of drug-likeness (QED) is 0.175. The Morgan fingerprint density at radius 1 is 0.292 bits per heavy atom. The maximum absolute atomic E-state index is 6.71. The third-order valence-electron chi connectivity index (χ3n) is 14.1. The molecule has 1 aliphatic heterocycles. The number of anilines is 3. The van der Waals surface area contributed by atoms with Gasteiger partial charge in [0.15, 0.2) is 0 Å². The second-order valence-electron chi connectivity index (χ2n) is 17.5. The Kier molecular flexibility index (Phi) is 8.60. The molecule has 2 nitrogen and oxygen atoms in total. The van der Waals surface area contributed by atoms with E-state index in [1.807, 2.05) is 0 Å². The standard InChI is InChI=1S/C63H43NO/c1-2-16-42(17-3-1)43-30-33-48(34-31-43)64(49-35-32-47-39-45-19-5-8-22-52(45)51-21-7-4-18-44(51)38-46-20-6-9-23-53(46)56(47)40-49)50-36-37-55-54-24-10-11-25-57(54)63(60(55)41-50)58-26-12-14-28-61(58)65-62-29-15-13-27-59(62)63/h1-37,40-41H,38-39H2. The van der Waals surface area contributed by atoms with E-state index in [0.29, 0.717) is 0 Å². The lowest BCUT2D eigenvalue weighted by Gasteiger charge is -2.39.